The lowest BCUT2D eigenvalue weighted by atomic mass is 10.2. The predicted octanol–water partition coefficient (Wildman–Crippen LogP) is 3.54. The standard InChI is InChI=1S/C16H15N3S2/c1-11-4-7-14-15(9-11)19-16(18-14)20-10-13-6-5-12(21-13)3-2-8-17/h4-7,9H,8,10,17H2,1H3,(H,18,19). The van der Waals surface area contributed by atoms with Gasteiger partial charge >= 0.3 is 0 Å². The molecule has 0 amide bonds. The maximum absolute atomic E-state index is 5.38. The fourth-order valence-corrected chi connectivity index (χ4v) is 3.78. The Balaban J connectivity index is 1.69. The molecule has 0 spiro atoms. The Bertz CT molecular complexity index is 821. The van der Waals surface area contributed by atoms with Crippen molar-refractivity contribution in [3.05, 3.63) is 45.6 Å². The second-order valence-corrected chi connectivity index (χ2v) is 6.76. The van der Waals surface area contributed by atoms with E-state index in [9.17, 15) is 0 Å². The number of benzene rings is 1. The first-order valence-electron chi connectivity index (χ1n) is 6.61. The van der Waals surface area contributed by atoms with E-state index in [4.69, 9.17) is 5.73 Å². The monoisotopic (exact) mass is 313 g/mol. The third-order valence-corrected chi connectivity index (χ3v) is 5.05. The van der Waals surface area contributed by atoms with Crippen molar-refractivity contribution < 1.29 is 0 Å². The molecule has 0 atom stereocenters. The molecule has 2 heterocycles. The van der Waals surface area contributed by atoms with Gasteiger partial charge in [-0.1, -0.05) is 29.7 Å². The average molecular weight is 313 g/mol. The van der Waals surface area contributed by atoms with Gasteiger partial charge in [-0.05, 0) is 36.8 Å². The number of thioether (sulfide) groups is 1. The lowest BCUT2D eigenvalue weighted by molar-refractivity contribution is 1.08. The molecule has 106 valence electrons. The summed E-state index contributed by atoms with van der Waals surface area (Å²) in [6, 6.07) is 10.4. The van der Waals surface area contributed by atoms with Crippen LogP contribution in [0.25, 0.3) is 11.0 Å². The number of imidazole rings is 1. The molecule has 0 radical (unpaired) electrons. The highest BCUT2D eigenvalue weighted by atomic mass is 32.2. The van der Waals surface area contributed by atoms with Gasteiger partial charge in [0.25, 0.3) is 0 Å². The van der Waals surface area contributed by atoms with Crippen LogP contribution in [0.5, 0.6) is 0 Å². The Labute approximate surface area is 132 Å². The maximum Gasteiger partial charge on any atom is 0.166 e. The molecule has 0 aliphatic rings. The van der Waals surface area contributed by atoms with Crippen LogP contribution in [0.4, 0.5) is 0 Å². The summed E-state index contributed by atoms with van der Waals surface area (Å²) in [5, 5.41) is 0.957. The van der Waals surface area contributed by atoms with Crippen molar-refractivity contribution in [2.24, 2.45) is 5.73 Å². The second kappa shape index (κ2) is 6.35. The molecule has 3 aromatic rings. The number of nitrogens with zero attached hydrogens (tertiary/aromatic N) is 1. The average Bonchev–Trinajstić information content (AvgIpc) is 3.08. The number of aromatic nitrogens is 2. The predicted molar refractivity (Wildman–Crippen MR) is 90.6 cm³/mol. The molecule has 0 saturated heterocycles. The van der Waals surface area contributed by atoms with Gasteiger partial charge in [-0.25, -0.2) is 4.98 Å². The zero-order chi connectivity index (χ0) is 14.7. The molecule has 1 aromatic carbocycles. The Morgan fingerprint density at radius 2 is 2.24 bits per heavy atom. The second-order valence-electron chi connectivity index (χ2n) is 4.62. The van der Waals surface area contributed by atoms with Gasteiger partial charge in [0.15, 0.2) is 5.16 Å². The van der Waals surface area contributed by atoms with Crippen molar-refractivity contribution in [2.45, 2.75) is 17.8 Å². The number of aryl methyl sites for hydroxylation is 1. The van der Waals surface area contributed by atoms with Crippen molar-refractivity contribution in [3.63, 3.8) is 0 Å². The largest absolute Gasteiger partial charge is 0.333 e. The van der Waals surface area contributed by atoms with Crippen LogP contribution < -0.4 is 5.73 Å². The van der Waals surface area contributed by atoms with E-state index in [0.29, 0.717) is 6.54 Å². The first-order valence-corrected chi connectivity index (χ1v) is 8.41. The lowest BCUT2D eigenvalue weighted by Crippen LogP contribution is -1.92. The third kappa shape index (κ3) is 3.48. The number of rotatable bonds is 3. The zero-order valence-corrected chi connectivity index (χ0v) is 13.3. The van der Waals surface area contributed by atoms with E-state index < -0.39 is 0 Å². The Morgan fingerprint density at radius 1 is 1.33 bits per heavy atom. The van der Waals surface area contributed by atoms with Crippen LogP contribution in [0, 0.1) is 18.8 Å². The third-order valence-electron chi connectivity index (χ3n) is 2.94. The summed E-state index contributed by atoms with van der Waals surface area (Å²) in [5.74, 6) is 6.84. The van der Waals surface area contributed by atoms with Crippen LogP contribution >= 0.6 is 23.1 Å². The van der Waals surface area contributed by atoms with Crippen molar-refractivity contribution >= 4 is 34.1 Å². The van der Waals surface area contributed by atoms with E-state index in [0.717, 1.165) is 26.8 Å². The summed E-state index contributed by atoms with van der Waals surface area (Å²) in [6.07, 6.45) is 0. The summed E-state index contributed by atoms with van der Waals surface area (Å²) in [5.41, 5.74) is 8.73. The van der Waals surface area contributed by atoms with Gasteiger partial charge in [0.05, 0.1) is 22.5 Å². The van der Waals surface area contributed by atoms with Crippen molar-refractivity contribution in [1.29, 1.82) is 0 Å². The number of nitrogens with two attached hydrogens (primary N) is 1. The minimum absolute atomic E-state index is 0.403. The van der Waals surface area contributed by atoms with E-state index in [1.165, 1.54) is 10.4 Å². The first-order chi connectivity index (χ1) is 10.2. The number of aromatic amines is 1. The molecule has 5 heteroatoms. The van der Waals surface area contributed by atoms with E-state index >= 15 is 0 Å². The molecule has 0 fully saturated rings. The molecule has 0 bridgehead atoms. The number of thiophene rings is 1. The molecule has 0 saturated carbocycles. The topological polar surface area (TPSA) is 54.7 Å². The van der Waals surface area contributed by atoms with Crippen LogP contribution in [-0.4, -0.2) is 16.5 Å². The summed E-state index contributed by atoms with van der Waals surface area (Å²) >= 11 is 3.42. The van der Waals surface area contributed by atoms with E-state index in [1.807, 2.05) is 6.07 Å². The highest BCUT2D eigenvalue weighted by molar-refractivity contribution is 7.98. The molecule has 0 unspecified atom stereocenters. The summed E-state index contributed by atoms with van der Waals surface area (Å²) < 4.78 is 0. The van der Waals surface area contributed by atoms with Gasteiger partial charge < -0.3 is 10.7 Å². The highest BCUT2D eigenvalue weighted by Gasteiger charge is 2.05. The zero-order valence-electron chi connectivity index (χ0n) is 11.6. The minimum atomic E-state index is 0.403. The Hall–Kier alpha value is -1.74. The number of H-pyrrole nitrogens is 1. The summed E-state index contributed by atoms with van der Waals surface area (Å²) in [4.78, 5) is 10.3. The fraction of sp³-hybridized carbons (Fsp3) is 0.188. The highest BCUT2D eigenvalue weighted by Crippen LogP contribution is 2.26. The van der Waals surface area contributed by atoms with Crippen LogP contribution in [0.3, 0.4) is 0 Å². The van der Waals surface area contributed by atoms with Gasteiger partial charge in [-0.3, -0.25) is 0 Å². The number of hydrogen-bond acceptors (Lipinski definition) is 4. The smallest absolute Gasteiger partial charge is 0.166 e. The lowest BCUT2D eigenvalue weighted by Gasteiger charge is -1.93. The van der Waals surface area contributed by atoms with Crippen molar-refractivity contribution in [1.82, 2.24) is 9.97 Å². The molecule has 0 aliphatic carbocycles. The number of hydrogen-bond donors (Lipinski definition) is 2. The van der Waals surface area contributed by atoms with Gasteiger partial charge in [-0.2, -0.15) is 0 Å². The molecule has 2 aromatic heterocycles. The van der Waals surface area contributed by atoms with E-state index in [2.05, 4.69) is 53.0 Å². The number of nitrogens with one attached hydrogen (secondary N) is 1. The normalized spacial score (nSPS) is 10.6. The van der Waals surface area contributed by atoms with Gasteiger partial charge in [0.1, 0.15) is 0 Å². The van der Waals surface area contributed by atoms with Crippen LogP contribution in [0.15, 0.2) is 35.5 Å². The molecule has 3 nitrogen and oxygen atoms in total. The molecule has 3 N–H and O–H groups in total. The van der Waals surface area contributed by atoms with Crippen molar-refractivity contribution in [3.8, 4) is 11.8 Å². The molecule has 3 rings (SSSR count). The summed E-state index contributed by atoms with van der Waals surface area (Å²) in [7, 11) is 0. The van der Waals surface area contributed by atoms with Gasteiger partial charge in [-0.15, -0.1) is 11.3 Å². The van der Waals surface area contributed by atoms with E-state index in [1.54, 1.807) is 23.1 Å². The fourth-order valence-electron chi connectivity index (χ4n) is 1.97. The molecular formula is C16H15N3S2. The SMILES string of the molecule is Cc1ccc2nc(SCc3ccc(C#CCN)s3)[nH]c2c1. The Kier molecular flexibility index (Phi) is 4.30. The van der Waals surface area contributed by atoms with Crippen molar-refractivity contribution in [2.75, 3.05) is 6.54 Å². The maximum atomic E-state index is 5.38. The first kappa shape index (κ1) is 14.2. The molecular weight excluding hydrogens is 298 g/mol. The molecule has 0 aliphatic heterocycles. The quantitative estimate of drug-likeness (QED) is 0.574. The summed E-state index contributed by atoms with van der Waals surface area (Å²) in [6.45, 7) is 2.49. The number of fused-ring (bicyclic) bond motifs is 1. The van der Waals surface area contributed by atoms with Crippen LogP contribution in [0.2, 0.25) is 0 Å². The van der Waals surface area contributed by atoms with Crippen LogP contribution in [-0.2, 0) is 5.75 Å². The van der Waals surface area contributed by atoms with Gasteiger partial charge in [0.2, 0.25) is 0 Å². The minimum Gasteiger partial charge on any atom is -0.333 e. The van der Waals surface area contributed by atoms with E-state index in [-0.39, 0.29) is 0 Å². The Morgan fingerprint density at radius 3 is 3.10 bits per heavy atom. The van der Waals surface area contributed by atoms with Gasteiger partial charge in [0, 0.05) is 10.6 Å². The van der Waals surface area contributed by atoms with Crippen LogP contribution in [0.1, 0.15) is 15.3 Å². The molecule has 21 heavy (non-hydrogen) atoms.